The first-order valence-corrected chi connectivity index (χ1v) is 7.43. The molecule has 1 amide bonds. The lowest BCUT2D eigenvalue weighted by Crippen LogP contribution is -2.43. The van der Waals surface area contributed by atoms with E-state index in [1.54, 1.807) is 0 Å². The van der Waals surface area contributed by atoms with E-state index >= 15 is 0 Å². The number of fused-ring (bicyclic) bond motifs is 1. The van der Waals surface area contributed by atoms with Gasteiger partial charge in [0.05, 0.1) is 6.10 Å². The van der Waals surface area contributed by atoms with Gasteiger partial charge in [0.15, 0.2) is 0 Å². The Morgan fingerprint density at radius 1 is 1.26 bits per heavy atom. The van der Waals surface area contributed by atoms with Gasteiger partial charge < -0.3 is 15.0 Å². The molecule has 0 aromatic heterocycles. The number of nitrogens with one attached hydrogen (secondary N) is 1. The first-order valence-electron chi connectivity index (χ1n) is 7.43. The Labute approximate surface area is 121 Å². The molecule has 110 valence electrons. The number of carbonyl (C=O) groups is 1. The number of hydrogen-bond acceptors (Lipinski definition) is 3. The Morgan fingerprint density at radius 2 is 2.11 bits per heavy atom. The molecule has 0 spiro atoms. The van der Waals surface area contributed by atoms with Crippen molar-refractivity contribution in [3.05, 3.63) is 0 Å². The van der Waals surface area contributed by atoms with Crippen molar-refractivity contribution in [2.24, 2.45) is 11.8 Å². The van der Waals surface area contributed by atoms with Crippen LogP contribution in [0.3, 0.4) is 0 Å². The van der Waals surface area contributed by atoms with Gasteiger partial charge in [-0.25, -0.2) is 0 Å². The second kappa shape index (κ2) is 6.91. The smallest absolute Gasteiger partial charge is 0.222 e. The summed E-state index contributed by atoms with van der Waals surface area (Å²) >= 11 is 0. The van der Waals surface area contributed by atoms with Gasteiger partial charge in [0.1, 0.15) is 0 Å². The molecule has 3 aliphatic heterocycles. The molecule has 0 aromatic carbocycles. The number of carbonyl (C=O) groups excluding carboxylic acids is 1. The third kappa shape index (κ3) is 3.61. The molecule has 5 heteroatoms. The SMILES string of the molecule is Cl.O=C(CCC1CCCO1)N1CCC2CNCC2C1. The zero-order chi connectivity index (χ0) is 12.4. The Morgan fingerprint density at radius 3 is 2.89 bits per heavy atom. The fourth-order valence-corrected chi connectivity index (χ4v) is 3.58. The molecule has 3 heterocycles. The molecule has 0 aromatic rings. The first-order chi connectivity index (χ1) is 8.83. The van der Waals surface area contributed by atoms with Crippen molar-refractivity contribution in [3.8, 4) is 0 Å². The molecular weight excluding hydrogens is 264 g/mol. The molecule has 3 atom stereocenters. The Hall–Kier alpha value is -0.320. The average Bonchev–Trinajstić information content (AvgIpc) is 3.05. The van der Waals surface area contributed by atoms with Crippen molar-refractivity contribution in [1.29, 1.82) is 0 Å². The number of likely N-dealkylation sites (tertiary alicyclic amines) is 1. The second-order valence-electron chi connectivity index (χ2n) is 5.98. The summed E-state index contributed by atoms with van der Waals surface area (Å²) in [6, 6.07) is 0. The topological polar surface area (TPSA) is 41.6 Å². The first kappa shape index (κ1) is 15.1. The minimum Gasteiger partial charge on any atom is -0.378 e. The minimum absolute atomic E-state index is 0. The predicted octanol–water partition coefficient (Wildman–Crippen LogP) is 1.44. The van der Waals surface area contributed by atoms with Crippen molar-refractivity contribution < 1.29 is 9.53 Å². The Balaban J connectivity index is 0.00000133. The maximum atomic E-state index is 12.2. The average molecular weight is 289 g/mol. The van der Waals surface area contributed by atoms with Gasteiger partial charge in [-0.05, 0) is 50.6 Å². The van der Waals surface area contributed by atoms with E-state index in [9.17, 15) is 4.79 Å². The van der Waals surface area contributed by atoms with Crippen LogP contribution in [-0.4, -0.2) is 49.7 Å². The molecule has 3 rings (SSSR count). The largest absolute Gasteiger partial charge is 0.378 e. The predicted molar refractivity (Wildman–Crippen MR) is 76.5 cm³/mol. The van der Waals surface area contributed by atoms with E-state index in [2.05, 4.69) is 10.2 Å². The molecule has 3 fully saturated rings. The highest BCUT2D eigenvalue weighted by molar-refractivity contribution is 5.85. The van der Waals surface area contributed by atoms with E-state index in [0.29, 0.717) is 24.3 Å². The summed E-state index contributed by atoms with van der Waals surface area (Å²) in [6.45, 7) is 5.08. The van der Waals surface area contributed by atoms with Crippen molar-refractivity contribution >= 4 is 18.3 Å². The van der Waals surface area contributed by atoms with Crippen LogP contribution < -0.4 is 5.32 Å². The van der Waals surface area contributed by atoms with E-state index in [4.69, 9.17) is 4.74 Å². The number of nitrogens with zero attached hydrogens (tertiary/aromatic N) is 1. The molecule has 1 N–H and O–H groups in total. The van der Waals surface area contributed by atoms with Gasteiger partial charge in [-0.2, -0.15) is 0 Å². The monoisotopic (exact) mass is 288 g/mol. The third-order valence-electron chi connectivity index (χ3n) is 4.76. The summed E-state index contributed by atoms with van der Waals surface area (Å²) in [6.07, 6.45) is 5.43. The number of amides is 1. The highest BCUT2D eigenvalue weighted by atomic mass is 35.5. The van der Waals surface area contributed by atoms with Gasteiger partial charge in [-0.1, -0.05) is 0 Å². The van der Waals surface area contributed by atoms with E-state index in [0.717, 1.165) is 58.0 Å². The van der Waals surface area contributed by atoms with E-state index in [1.165, 1.54) is 6.42 Å². The van der Waals surface area contributed by atoms with Gasteiger partial charge in [0.25, 0.3) is 0 Å². The molecule has 3 unspecified atom stereocenters. The van der Waals surface area contributed by atoms with Gasteiger partial charge in [-0.15, -0.1) is 12.4 Å². The Bertz CT molecular complexity index is 308. The van der Waals surface area contributed by atoms with Crippen LogP contribution in [0.15, 0.2) is 0 Å². The van der Waals surface area contributed by atoms with Crippen LogP contribution in [0, 0.1) is 11.8 Å². The molecule has 19 heavy (non-hydrogen) atoms. The lowest BCUT2D eigenvalue weighted by Gasteiger charge is -2.34. The molecule has 0 bridgehead atoms. The van der Waals surface area contributed by atoms with Crippen molar-refractivity contribution in [2.75, 3.05) is 32.8 Å². The fourth-order valence-electron chi connectivity index (χ4n) is 3.58. The van der Waals surface area contributed by atoms with Crippen molar-refractivity contribution in [2.45, 2.75) is 38.2 Å². The summed E-state index contributed by atoms with van der Waals surface area (Å²) in [5.74, 6) is 1.86. The number of hydrogen-bond donors (Lipinski definition) is 1. The highest BCUT2D eigenvalue weighted by Gasteiger charge is 2.34. The fraction of sp³-hybridized carbons (Fsp3) is 0.929. The highest BCUT2D eigenvalue weighted by Crippen LogP contribution is 2.27. The number of ether oxygens (including phenoxy) is 1. The van der Waals surface area contributed by atoms with Crippen LogP contribution in [0.1, 0.15) is 32.1 Å². The zero-order valence-corrected chi connectivity index (χ0v) is 12.3. The molecule has 0 aliphatic carbocycles. The lowest BCUT2D eigenvalue weighted by atomic mass is 9.88. The van der Waals surface area contributed by atoms with Crippen LogP contribution in [0.5, 0.6) is 0 Å². The van der Waals surface area contributed by atoms with Gasteiger partial charge >= 0.3 is 0 Å². The maximum absolute atomic E-state index is 12.2. The number of rotatable bonds is 3. The third-order valence-corrected chi connectivity index (χ3v) is 4.76. The van der Waals surface area contributed by atoms with E-state index in [-0.39, 0.29) is 12.4 Å². The quantitative estimate of drug-likeness (QED) is 0.854. The lowest BCUT2D eigenvalue weighted by molar-refractivity contribution is -0.134. The summed E-state index contributed by atoms with van der Waals surface area (Å²) < 4.78 is 5.58. The van der Waals surface area contributed by atoms with Crippen molar-refractivity contribution in [3.63, 3.8) is 0 Å². The minimum atomic E-state index is 0. The normalized spacial score (nSPS) is 33.9. The number of halogens is 1. The summed E-state index contributed by atoms with van der Waals surface area (Å²) in [7, 11) is 0. The summed E-state index contributed by atoms with van der Waals surface area (Å²) in [4.78, 5) is 14.3. The standard InChI is InChI=1S/C14H24N2O2.ClH/c17-14(4-3-13-2-1-7-18-13)16-6-5-11-8-15-9-12(11)10-16;/h11-13,15H,1-10H2;1H. The molecule has 0 radical (unpaired) electrons. The molecule has 0 saturated carbocycles. The van der Waals surface area contributed by atoms with Gasteiger partial charge in [0, 0.05) is 26.1 Å². The van der Waals surface area contributed by atoms with E-state index < -0.39 is 0 Å². The van der Waals surface area contributed by atoms with Crippen molar-refractivity contribution in [1.82, 2.24) is 10.2 Å². The Kier molecular flexibility index (Phi) is 5.48. The number of piperidine rings is 1. The molecule has 3 saturated heterocycles. The molecular formula is C14H25ClN2O2. The van der Waals surface area contributed by atoms with Crippen LogP contribution in [0.4, 0.5) is 0 Å². The maximum Gasteiger partial charge on any atom is 0.222 e. The van der Waals surface area contributed by atoms with Gasteiger partial charge in [-0.3, -0.25) is 4.79 Å². The van der Waals surface area contributed by atoms with Crippen LogP contribution in [-0.2, 0) is 9.53 Å². The zero-order valence-electron chi connectivity index (χ0n) is 11.5. The molecule has 4 nitrogen and oxygen atoms in total. The van der Waals surface area contributed by atoms with Crippen LogP contribution in [0.25, 0.3) is 0 Å². The van der Waals surface area contributed by atoms with Crippen LogP contribution >= 0.6 is 12.4 Å². The van der Waals surface area contributed by atoms with E-state index in [1.807, 2.05) is 0 Å². The summed E-state index contributed by atoms with van der Waals surface area (Å²) in [5, 5.41) is 3.44. The van der Waals surface area contributed by atoms with Crippen LogP contribution in [0.2, 0.25) is 0 Å². The second-order valence-corrected chi connectivity index (χ2v) is 5.98. The summed E-state index contributed by atoms with van der Waals surface area (Å²) in [5.41, 5.74) is 0. The van der Waals surface area contributed by atoms with Gasteiger partial charge in [0.2, 0.25) is 5.91 Å². The molecule has 3 aliphatic rings.